The Hall–Kier alpha value is -2.63. The number of likely N-dealkylation sites (tertiary alicyclic amines) is 1. The Bertz CT molecular complexity index is 657. The zero-order valence-corrected chi connectivity index (χ0v) is 14.7. The van der Waals surface area contributed by atoms with Crippen molar-refractivity contribution in [3.63, 3.8) is 0 Å². The molecule has 1 saturated heterocycles. The normalized spacial score (nSPS) is 20.3. The van der Waals surface area contributed by atoms with Crippen molar-refractivity contribution in [2.75, 3.05) is 26.7 Å². The van der Waals surface area contributed by atoms with Gasteiger partial charge in [0.05, 0.1) is 12.5 Å². The standard InChI is InChI=1S/C19H24N2O4/c1-19(18(24)20-12-6-10-16(22)25-2)11-7-13-21(14-19)17(23)15-8-4-3-5-9-15/h3-6,8-10H,7,11-14H2,1-2H3,(H,20,24)/b10-6+. The summed E-state index contributed by atoms with van der Waals surface area (Å²) < 4.78 is 4.49. The molecule has 1 unspecified atom stereocenters. The number of carbonyl (C=O) groups excluding carboxylic acids is 3. The van der Waals surface area contributed by atoms with Crippen molar-refractivity contribution in [3.05, 3.63) is 48.0 Å². The highest BCUT2D eigenvalue weighted by Crippen LogP contribution is 2.30. The first-order valence-corrected chi connectivity index (χ1v) is 8.33. The maximum Gasteiger partial charge on any atom is 0.330 e. The van der Waals surface area contributed by atoms with E-state index in [0.717, 1.165) is 12.8 Å². The minimum absolute atomic E-state index is 0.0510. The fourth-order valence-corrected chi connectivity index (χ4v) is 2.95. The van der Waals surface area contributed by atoms with Crippen LogP contribution < -0.4 is 5.32 Å². The van der Waals surface area contributed by atoms with Crippen LogP contribution in [0.1, 0.15) is 30.1 Å². The summed E-state index contributed by atoms with van der Waals surface area (Å²) in [6, 6.07) is 9.09. The van der Waals surface area contributed by atoms with Crippen LogP contribution in [-0.4, -0.2) is 49.4 Å². The Morgan fingerprint density at radius 2 is 2.00 bits per heavy atom. The van der Waals surface area contributed by atoms with E-state index < -0.39 is 11.4 Å². The molecule has 1 aliphatic rings. The average molecular weight is 344 g/mol. The van der Waals surface area contributed by atoms with Gasteiger partial charge in [-0.1, -0.05) is 24.3 Å². The number of hydrogen-bond donors (Lipinski definition) is 1. The molecule has 0 aliphatic carbocycles. The van der Waals surface area contributed by atoms with Crippen LogP contribution in [0.25, 0.3) is 0 Å². The fraction of sp³-hybridized carbons (Fsp3) is 0.421. The number of ether oxygens (including phenoxy) is 1. The van der Waals surface area contributed by atoms with Crippen molar-refractivity contribution < 1.29 is 19.1 Å². The molecule has 0 saturated carbocycles. The highest BCUT2D eigenvalue weighted by molar-refractivity contribution is 5.95. The van der Waals surface area contributed by atoms with Gasteiger partial charge in [-0.25, -0.2) is 4.79 Å². The summed E-state index contributed by atoms with van der Waals surface area (Å²) in [5, 5.41) is 2.80. The topological polar surface area (TPSA) is 75.7 Å². The van der Waals surface area contributed by atoms with Gasteiger partial charge >= 0.3 is 5.97 Å². The second-order valence-electron chi connectivity index (χ2n) is 6.39. The van der Waals surface area contributed by atoms with E-state index in [1.54, 1.807) is 23.1 Å². The first-order chi connectivity index (χ1) is 12.0. The van der Waals surface area contributed by atoms with Crippen LogP contribution >= 0.6 is 0 Å². The molecule has 1 aromatic carbocycles. The van der Waals surface area contributed by atoms with Gasteiger partial charge in [0, 0.05) is 31.3 Å². The van der Waals surface area contributed by atoms with Gasteiger partial charge in [0.1, 0.15) is 0 Å². The van der Waals surface area contributed by atoms with E-state index in [1.807, 2.05) is 25.1 Å². The lowest BCUT2D eigenvalue weighted by Crippen LogP contribution is -2.52. The molecule has 0 aromatic heterocycles. The van der Waals surface area contributed by atoms with E-state index in [2.05, 4.69) is 10.1 Å². The van der Waals surface area contributed by atoms with Crippen LogP contribution in [0.3, 0.4) is 0 Å². The maximum absolute atomic E-state index is 12.6. The summed E-state index contributed by atoms with van der Waals surface area (Å²) in [5.41, 5.74) is -0.00454. The Morgan fingerprint density at radius 3 is 2.68 bits per heavy atom. The van der Waals surface area contributed by atoms with Gasteiger partial charge in [-0.2, -0.15) is 0 Å². The number of rotatable bonds is 5. The van der Waals surface area contributed by atoms with Gasteiger partial charge in [0.2, 0.25) is 5.91 Å². The van der Waals surface area contributed by atoms with Crippen molar-refractivity contribution in [2.24, 2.45) is 5.41 Å². The van der Waals surface area contributed by atoms with Gasteiger partial charge in [0.15, 0.2) is 0 Å². The van der Waals surface area contributed by atoms with E-state index in [-0.39, 0.29) is 18.4 Å². The summed E-state index contributed by atoms with van der Waals surface area (Å²) in [4.78, 5) is 37.9. The second-order valence-corrected chi connectivity index (χ2v) is 6.39. The summed E-state index contributed by atoms with van der Waals surface area (Å²) in [7, 11) is 1.30. The SMILES string of the molecule is COC(=O)/C=C/CNC(=O)C1(C)CCCN(C(=O)c2ccccc2)C1. The largest absolute Gasteiger partial charge is 0.466 e. The van der Waals surface area contributed by atoms with Crippen molar-refractivity contribution >= 4 is 17.8 Å². The van der Waals surface area contributed by atoms with Gasteiger partial charge in [-0.05, 0) is 31.9 Å². The summed E-state index contributed by atoms with van der Waals surface area (Å²) in [5.74, 6) is -0.629. The predicted molar refractivity (Wildman–Crippen MR) is 93.9 cm³/mol. The Kier molecular flexibility index (Phi) is 6.33. The molecule has 1 N–H and O–H groups in total. The molecule has 1 heterocycles. The molecule has 0 bridgehead atoms. The molecule has 2 amide bonds. The molecule has 2 rings (SSSR count). The summed E-state index contributed by atoms with van der Waals surface area (Å²) in [6.45, 7) is 3.15. The number of benzene rings is 1. The molecule has 1 aromatic rings. The monoisotopic (exact) mass is 344 g/mol. The second kappa shape index (κ2) is 8.46. The lowest BCUT2D eigenvalue weighted by molar-refractivity contribution is -0.135. The molecule has 25 heavy (non-hydrogen) atoms. The highest BCUT2D eigenvalue weighted by atomic mass is 16.5. The highest BCUT2D eigenvalue weighted by Gasteiger charge is 2.39. The molecule has 1 aliphatic heterocycles. The van der Waals surface area contributed by atoms with Crippen molar-refractivity contribution in [2.45, 2.75) is 19.8 Å². The third-order valence-corrected chi connectivity index (χ3v) is 4.39. The van der Waals surface area contributed by atoms with E-state index in [9.17, 15) is 14.4 Å². The van der Waals surface area contributed by atoms with Gasteiger partial charge in [0.25, 0.3) is 5.91 Å². The van der Waals surface area contributed by atoms with E-state index in [1.165, 1.54) is 13.2 Å². The van der Waals surface area contributed by atoms with Crippen LogP contribution in [0.15, 0.2) is 42.5 Å². The van der Waals surface area contributed by atoms with E-state index in [0.29, 0.717) is 18.7 Å². The first kappa shape index (κ1) is 18.7. The molecule has 6 heteroatoms. The number of nitrogens with one attached hydrogen (secondary N) is 1. The summed E-state index contributed by atoms with van der Waals surface area (Å²) in [6.07, 6.45) is 4.32. The molecule has 1 atom stereocenters. The molecular formula is C19H24N2O4. The van der Waals surface area contributed by atoms with E-state index in [4.69, 9.17) is 0 Å². The number of methoxy groups -OCH3 is 1. The van der Waals surface area contributed by atoms with Crippen LogP contribution in [0.4, 0.5) is 0 Å². The molecule has 0 radical (unpaired) electrons. The summed E-state index contributed by atoms with van der Waals surface area (Å²) >= 11 is 0. The predicted octanol–water partition coefficient (Wildman–Crippen LogP) is 1.77. The zero-order valence-electron chi connectivity index (χ0n) is 14.7. The lowest BCUT2D eigenvalue weighted by atomic mass is 9.80. The molecule has 0 spiro atoms. The maximum atomic E-state index is 12.6. The lowest BCUT2D eigenvalue weighted by Gasteiger charge is -2.39. The Labute approximate surface area is 147 Å². The number of piperidine rings is 1. The minimum atomic E-state index is -0.637. The van der Waals surface area contributed by atoms with Crippen LogP contribution in [-0.2, 0) is 14.3 Å². The number of esters is 1. The molecule has 6 nitrogen and oxygen atoms in total. The molecule has 1 fully saturated rings. The van der Waals surface area contributed by atoms with Gasteiger partial charge in [-0.3, -0.25) is 9.59 Å². The quantitative estimate of drug-likeness (QED) is 0.652. The van der Waals surface area contributed by atoms with Crippen molar-refractivity contribution in [3.8, 4) is 0 Å². The van der Waals surface area contributed by atoms with Crippen molar-refractivity contribution in [1.82, 2.24) is 10.2 Å². The fourth-order valence-electron chi connectivity index (χ4n) is 2.95. The zero-order chi connectivity index (χ0) is 18.3. The first-order valence-electron chi connectivity index (χ1n) is 8.33. The molecule has 134 valence electrons. The van der Waals surface area contributed by atoms with Crippen LogP contribution in [0, 0.1) is 5.41 Å². The van der Waals surface area contributed by atoms with Crippen LogP contribution in [0.5, 0.6) is 0 Å². The smallest absolute Gasteiger partial charge is 0.330 e. The van der Waals surface area contributed by atoms with Crippen molar-refractivity contribution in [1.29, 1.82) is 0 Å². The Balaban J connectivity index is 1.96. The average Bonchev–Trinajstić information content (AvgIpc) is 2.64. The van der Waals surface area contributed by atoms with E-state index >= 15 is 0 Å². The number of hydrogen-bond acceptors (Lipinski definition) is 4. The third kappa shape index (κ3) is 4.92. The van der Waals surface area contributed by atoms with Gasteiger partial charge in [-0.15, -0.1) is 0 Å². The van der Waals surface area contributed by atoms with Crippen LogP contribution in [0.2, 0.25) is 0 Å². The number of carbonyl (C=O) groups is 3. The Morgan fingerprint density at radius 1 is 1.28 bits per heavy atom. The third-order valence-electron chi connectivity index (χ3n) is 4.39. The number of amides is 2. The minimum Gasteiger partial charge on any atom is -0.466 e. The number of nitrogens with zero attached hydrogens (tertiary/aromatic N) is 1. The molecular weight excluding hydrogens is 320 g/mol. The van der Waals surface area contributed by atoms with Gasteiger partial charge < -0.3 is 15.0 Å².